The molecule has 1 saturated heterocycles. The molecule has 0 aliphatic carbocycles. The van der Waals surface area contributed by atoms with Crippen LogP contribution in [-0.4, -0.2) is 54.8 Å². The number of rotatable bonds is 6. The van der Waals surface area contributed by atoms with E-state index in [0.29, 0.717) is 51.6 Å². The molecule has 0 saturated carbocycles. The summed E-state index contributed by atoms with van der Waals surface area (Å²) in [5.74, 6) is 0.805. The number of ether oxygens (including phenoxy) is 2. The summed E-state index contributed by atoms with van der Waals surface area (Å²) in [4.78, 5) is 18.5. The Hall–Kier alpha value is -3.92. The third-order valence-electron chi connectivity index (χ3n) is 6.36. The van der Waals surface area contributed by atoms with Gasteiger partial charge in [-0.2, -0.15) is 5.10 Å². The molecule has 0 radical (unpaired) electrons. The Morgan fingerprint density at radius 1 is 1.08 bits per heavy atom. The molecule has 2 aromatic carbocycles. The first-order chi connectivity index (χ1) is 17.3. The van der Waals surface area contributed by atoms with Crippen LogP contribution in [0.25, 0.3) is 22.3 Å². The smallest absolute Gasteiger partial charge is 0.256 e. The number of carbonyl (C=O) groups excluding carboxylic acids is 1. The van der Waals surface area contributed by atoms with Crippen LogP contribution in [0.5, 0.6) is 11.5 Å². The van der Waals surface area contributed by atoms with E-state index in [1.807, 2.05) is 30.3 Å². The van der Waals surface area contributed by atoms with Crippen molar-refractivity contribution in [3.8, 4) is 22.8 Å². The quantitative estimate of drug-likeness (QED) is 0.420. The lowest BCUT2D eigenvalue weighted by molar-refractivity contribution is 0.102. The zero-order chi connectivity index (χ0) is 25.4. The first-order valence-electron chi connectivity index (χ1n) is 11.5. The number of benzene rings is 2. The van der Waals surface area contributed by atoms with Crippen molar-refractivity contribution in [2.75, 3.05) is 31.0 Å². The van der Waals surface area contributed by atoms with Gasteiger partial charge in [0.05, 0.1) is 59.8 Å². The van der Waals surface area contributed by atoms with E-state index in [0.717, 1.165) is 5.56 Å². The number of pyridine rings is 1. The standard InChI is InChI=1S/C26H26N4O5S/c1-16-24-20(26(31)28-22-13-19(34-2)9-10-23(22)35-3)14-21(17-7-5-4-6-8-17)27-25(24)30(29-16)18-11-12-36(32,33)15-18/h4-10,13-14,18H,11-12,15H2,1-3H3,(H,28,31). The van der Waals surface area contributed by atoms with Crippen LogP contribution < -0.4 is 14.8 Å². The fourth-order valence-electron chi connectivity index (χ4n) is 4.57. The minimum absolute atomic E-state index is 0.00298. The molecule has 9 nitrogen and oxygen atoms in total. The summed E-state index contributed by atoms with van der Waals surface area (Å²) in [7, 11) is -0.0647. The zero-order valence-corrected chi connectivity index (χ0v) is 21.0. The molecule has 186 valence electrons. The van der Waals surface area contributed by atoms with Gasteiger partial charge >= 0.3 is 0 Å². The SMILES string of the molecule is COc1ccc(OC)c(NC(=O)c2cc(-c3ccccc3)nc3c2c(C)nn3C2CCS(=O)(=O)C2)c1. The number of nitrogens with zero attached hydrogens (tertiary/aromatic N) is 3. The number of nitrogens with one attached hydrogen (secondary N) is 1. The number of hydrogen-bond donors (Lipinski definition) is 1. The van der Waals surface area contributed by atoms with Crippen molar-refractivity contribution in [2.24, 2.45) is 0 Å². The van der Waals surface area contributed by atoms with Gasteiger partial charge in [-0.3, -0.25) is 4.79 Å². The van der Waals surface area contributed by atoms with Crippen LogP contribution in [0.1, 0.15) is 28.5 Å². The van der Waals surface area contributed by atoms with Gasteiger partial charge in [-0.05, 0) is 31.5 Å². The second-order valence-electron chi connectivity index (χ2n) is 8.73. The van der Waals surface area contributed by atoms with Gasteiger partial charge in [-0.1, -0.05) is 30.3 Å². The van der Waals surface area contributed by atoms with Crippen molar-refractivity contribution in [3.63, 3.8) is 0 Å². The topological polar surface area (TPSA) is 112 Å². The Labute approximate surface area is 209 Å². The van der Waals surface area contributed by atoms with E-state index in [2.05, 4.69) is 10.4 Å². The molecule has 5 rings (SSSR count). The molecule has 1 amide bonds. The highest BCUT2D eigenvalue weighted by molar-refractivity contribution is 7.91. The lowest BCUT2D eigenvalue weighted by Gasteiger charge is -2.14. The van der Waals surface area contributed by atoms with Gasteiger partial charge in [0.1, 0.15) is 11.5 Å². The van der Waals surface area contributed by atoms with Crippen LogP contribution in [0.2, 0.25) is 0 Å². The van der Waals surface area contributed by atoms with Crippen molar-refractivity contribution in [1.29, 1.82) is 0 Å². The molecule has 1 fully saturated rings. The van der Waals surface area contributed by atoms with Crippen LogP contribution in [0.3, 0.4) is 0 Å². The first-order valence-corrected chi connectivity index (χ1v) is 13.3. The van der Waals surface area contributed by atoms with Crippen LogP contribution >= 0.6 is 0 Å². The Bertz CT molecular complexity index is 1560. The molecule has 36 heavy (non-hydrogen) atoms. The minimum atomic E-state index is -3.14. The summed E-state index contributed by atoms with van der Waals surface area (Å²) >= 11 is 0. The summed E-state index contributed by atoms with van der Waals surface area (Å²) < 4.78 is 36.8. The van der Waals surface area contributed by atoms with E-state index < -0.39 is 9.84 Å². The number of fused-ring (bicyclic) bond motifs is 1. The summed E-state index contributed by atoms with van der Waals surface area (Å²) in [5, 5.41) is 8.17. The van der Waals surface area contributed by atoms with E-state index in [4.69, 9.17) is 14.5 Å². The van der Waals surface area contributed by atoms with Crippen molar-refractivity contribution >= 4 is 32.5 Å². The van der Waals surface area contributed by atoms with Gasteiger partial charge in [0, 0.05) is 11.6 Å². The molecule has 1 aliphatic heterocycles. The number of aromatic nitrogens is 3. The van der Waals surface area contributed by atoms with E-state index in [9.17, 15) is 13.2 Å². The van der Waals surface area contributed by atoms with Gasteiger partial charge in [-0.15, -0.1) is 0 Å². The average Bonchev–Trinajstić information content (AvgIpc) is 3.42. The Balaban J connectivity index is 1.67. The molecule has 2 aromatic heterocycles. The van der Waals surface area contributed by atoms with Gasteiger partial charge in [0.2, 0.25) is 0 Å². The van der Waals surface area contributed by atoms with E-state index in [1.54, 1.807) is 43.0 Å². The van der Waals surface area contributed by atoms with Crippen LogP contribution in [-0.2, 0) is 9.84 Å². The maximum Gasteiger partial charge on any atom is 0.256 e. The molecule has 1 atom stereocenters. The number of anilines is 1. The Kier molecular flexibility index (Phi) is 6.13. The first kappa shape index (κ1) is 23.8. The normalized spacial score (nSPS) is 16.7. The number of methoxy groups -OCH3 is 2. The van der Waals surface area contributed by atoms with Gasteiger partial charge < -0.3 is 14.8 Å². The second-order valence-corrected chi connectivity index (χ2v) is 11.0. The van der Waals surface area contributed by atoms with Crippen LogP contribution in [0, 0.1) is 6.92 Å². The van der Waals surface area contributed by atoms with Gasteiger partial charge in [0.25, 0.3) is 5.91 Å². The number of carbonyl (C=O) groups is 1. The Morgan fingerprint density at radius 2 is 1.86 bits per heavy atom. The third-order valence-corrected chi connectivity index (χ3v) is 8.11. The number of amides is 1. The molecule has 1 unspecified atom stereocenters. The van der Waals surface area contributed by atoms with Crippen molar-refractivity contribution in [2.45, 2.75) is 19.4 Å². The van der Waals surface area contributed by atoms with Crippen LogP contribution in [0.4, 0.5) is 5.69 Å². The predicted octanol–water partition coefficient (Wildman–Crippen LogP) is 4.04. The summed E-state index contributed by atoms with van der Waals surface area (Å²) in [6.07, 6.45) is 0.457. The van der Waals surface area contributed by atoms with E-state index in [1.165, 1.54) is 7.11 Å². The minimum Gasteiger partial charge on any atom is -0.497 e. The number of hydrogen-bond acceptors (Lipinski definition) is 7. The fraction of sp³-hybridized carbons (Fsp3) is 0.269. The largest absolute Gasteiger partial charge is 0.497 e. The highest BCUT2D eigenvalue weighted by atomic mass is 32.2. The maximum absolute atomic E-state index is 13.7. The monoisotopic (exact) mass is 506 g/mol. The predicted molar refractivity (Wildman–Crippen MR) is 138 cm³/mol. The van der Waals surface area contributed by atoms with Crippen molar-refractivity contribution in [1.82, 2.24) is 14.8 Å². The number of sulfone groups is 1. The highest BCUT2D eigenvalue weighted by Crippen LogP contribution is 2.34. The average molecular weight is 507 g/mol. The second kappa shape index (κ2) is 9.27. The lowest BCUT2D eigenvalue weighted by Crippen LogP contribution is -2.15. The Morgan fingerprint density at radius 3 is 2.53 bits per heavy atom. The molecular formula is C26H26N4O5S. The van der Waals surface area contributed by atoms with Gasteiger partial charge in [-0.25, -0.2) is 18.1 Å². The number of aryl methyl sites for hydroxylation is 1. The molecule has 10 heteroatoms. The third kappa shape index (κ3) is 4.39. The van der Waals surface area contributed by atoms with E-state index in [-0.39, 0.29) is 23.5 Å². The summed E-state index contributed by atoms with van der Waals surface area (Å²) in [6, 6.07) is 16.1. The lowest BCUT2D eigenvalue weighted by atomic mass is 10.0. The summed E-state index contributed by atoms with van der Waals surface area (Å²) in [6.45, 7) is 1.80. The highest BCUT2D eigenvalue weighted by Gasteiger charge is 2.32. The van der Waals surface area contributed by atoms with Crippen molar-refractivity contribution < 1.29 is 22.7 Å². The molecule has 0 bridgehead atoms. The van der Waals surface area contributed by atoms with E-state index >= 15 is 0 Å². The molecule has 3 heterocycles. The van der Waals surface area contributed by atoms with Crippen LogP contribution in [0.15, 0.2) is 54.6 Å². The molecule has 0 spiro atoms. The van der Waals surface area contributed by atoms with Crippen molar-refractivity contribution in [3.05, 3.63) is 65.9 Å². The fourth-order valence-corrected chi connectivity index (χ4v) is 6.27. The molecular weight excluding hydrogens is 480 g/mol. The maximum atomic E-state index is 13.7. The molecule has 1 aliphatic rings. The zero-order valence-electron chi connectivity index (χ0n) is 20.2. The van der Waals surface area contributed by atoms with Gasteiger partial charge in [0.15, 0.2) is 15.5 Å². The molecule has 1 N–H and O–H groups in total. The summed E-state index contributed by atoms with van der Waals surface area (Å²) in [5.41, 5.74) is 3.35. The molecule has 4 aromatic rings.